The van der Waals surface area contributed by atoms with E-state index < -0.39 is 6.10 Å². The Bertz CT molecular complexity index is 684. The molecule has 21 heavy (non-hydrogen) atoms. The topological polar surface area (TPSA) is 49.8 Å². The molecule has 0 aromatic heterocycles. The fraction of sp³-hybridized carbons (Fsp3) is 0.188. The van der Waals surface area contributed by atoms with Gasteiger partial charge in [-0.15, -0.1) is 0 Å². The van der Waals surface area contributed by atoms with Gasteiger partial charge in [-0.1, -0.05) is 12.1 Å². The third kappa shape index (κ3) is 2.54. The van der Waals surface area contributed by atoms with Gasteiger partial charge in [0.05, 0.1) is 12.2 Å². The summed E-state index contributed by atoms with van der Waals surface area (Å²) in [4.78, 5) is 13.9. The molecule has 1 amide bonds. The summed E-state index contributed by atoms with van der Waals surface area (Å²) in [5.74, 6) is 0.0849. The minimum Gasteiger partial charge on any atom is -0.508 e. The van der Waals surface area contributed by atoms with Crippen LogP contribution in [-0.4, -0.2) is 17.1 Å². The first kappa shape index (κ1) is 13.4. The predicted molar refractivity (Wildman–Crippen MR) is 75.8 cm³/mol. The van der Waals surface area contributed by atoms with Crippen molar-refractivity contribution >= 4 is 11.6 Å². The van der Waals surface area contributed by atoms with Gasteiger partial charge in [0.15, 0.2) is 6.10 Å². The Labute approximate surface area is 121 Å². The van der Waals surface area contributed by atoms with E-state index in [1.165, 1.54) is 29.2 Å². The molecule has 1 aliphatic heterocycles. The second-order valence-corrected chi connectivity index (χ2v) is 4.96. The lowest BCUT2D eigenvalue weighted by Crippen LogP contribution is -2.43. The molecule has 3 rings (SSSR count). The summed E-state index contributed by atoms with van der Waals surface area (Å²) in [5, 5.41) is 9.62. The molecular formula is C16H14FNO3. The zero-order chi connectivity index (χ0) is 15.0. The average Bonchev–Trinajstić information content (AvgIpc) is 2.47. The number of halogens is 1. The Balaban J connectivity index is 1.98. The molecule has 2 aromatic rings. The molecule has 1 aliphatic rings. The number of phenolic OH excluding ortho intramolecular Hbond substituents is 1. The maximum atomic E-state index is 13.0. The number of hydrogen-bond donors (Lipinski definition) is 1. The largest absolute Gasteiger partial charge is 0.508 e. The van der Waals surface area contributed by atoms with E-state index in [0.29, 0.717) is 18.0 Å². The Morgan fingerprint density at radius 2 is 1.95 bits per heavy atom. The second kappa shape index (κ2) is 5.09. The van der Waals surface area contributed by atoms with Crippen molar-refractivity contribution < 1.29 is 19.0 Å². The van der Waals surface area contributed by atoms with E-state index in [1.54, 1.807) is 25.1 Å². The number of carbonyl (C=O) groups excluding carboxylic acids is 1. The number of hydrogen-bond acceptors (Lipinski definition) is 3. The van der Waals surface area contributed by atoms with Crippen LogP contribution in [0.4, 0.5) is 10.1 Å². The summed E-state index contributed by atoms with van der Waals surface area (Å²) in [7, 11) is 0. The molecule has 0 saturated carbocycles. The second-order valence-electron chi connectivity index (χ2n) is 4.96. The first-order chi connectivity index (χ1) is 10.0. The number of ether oxygens (including phenoxy) is 1. The zero-order valence-corrected chi connectivity index (χ0v) is 11.4. The van der Waals surface area contributed by atoms with Crippen molar-refractivity contribution in [1.29, 1.82) is 0 Å². The van der Waals surface area contributed by atoms with E-state index in [2.05, 4.69) is 0 Å². The van der Waals surface area contributed by atoms with Crippen molar-refractivity contribution in [2.45, 2.75) is 19.6 Å². The van der Waals surface area contributed by atoms with Gasteiger partial charge < -0.3 is 14.7 Å². The summed E-state index contributed by atoms with van der Waals surface area (Å²) in [6, 6.07) is 10.6. The number of aromatic hydroxyl groups is 1. The molecular weight excluding hydrogens is 273 g/mol. The van der Waals surface area contributed by atoms with Gasteiger partial charge >= 0.3 is 0 Å². The number of fused-ring (bicyclic) bond motifs is 1. The minimum absolute atomic E-state index is 0.0591. The van der Waals surface area contributed by atoms with Crippen molar-refractivity contribution in [2.24, 2.45) is 0 Å². The van der Waals surface area contributed by atoms with Crippen molar-refractivity contribution in [3.05, 3.63) is 53.8 Å². The quantitative estimate of drug-likeness (QED) is 0.924. The molecule has 108 valence electrons. The van der Waals surface area contributed by atoms with Crippen LogP contribution in [0, 0.1) is 5.82 Å². The molecule has 1 unspecified atom stereocenters. The maximum Gasteiger partial charge on any atom is 0.268 e. The third-order valence-corrected chi connectivity index (χ3v) is 3.40. The van der Waals surface area contributed by atoms with E-state index >= 15 is 0 Å². The van der Waals surface area contributed by atoms with Crippen LogP contribution in [0.5, 0.6) is 11.5 Å². The van der Waals surface area contributed by atoms with Crippen LogP contribution in [0.15, 0.2) is 42.5 Å². The van der Waals surface area contributed by atoms with Crippen molar-refractivity contribution in [3.63, 3.8) is 0 Å². The number of rotatable bonds is 2. The van der Waals surface area contributed by atoms with Gasteiger partial charge in [-0.3, -0.25) is 4.79 Å². The number of nitrogens with zero attached hydrogens (tertiary/aromatic N) is 1. The molecule has 1 heterocycles. The van der Waals surface area contributed by atoms with Gasteiger partial charge in [0.25, 0.3) is 5.91 Å². The lowest BCUT2D eigenvalue weighted by molar-refractivity contribution is -0.125. The minimum atomic E-state index is -0.595. The summed E-state index contributed by atoms with van der Waals surface area (Å²) < 4.78 is 18.5. The SMILES string of the molecule is CC1Oc2ccc(O)cc2N(Cc2ccc(F)cc2)C1=O. The molecule has 5 heteroatoms. The van der Waals surface area contributed by atoms with Gasteiger partial charge in [0.1, 0.15) is 17.3 Å². The van der Waals surface area contributed by atoms with Gasteiger partial charge in [-0.25, -0.2) is 4.39 Å². The lowest BCUT2D eigenvalue weighted by Gasteiger charge is -2.33. The van der Waals surface area contributed by atoms with Gasteiger partial charge in [0.2, 0.25) is 0 Å². The number of amides is 1. The number of anilines is 1. The fourth-order valence-electron chi connectivity index (χ4n) is 2.33. The van der Waals surface area contributed by atoms with Crippen LogP contribution in [0.25, 0.3) is 0 Å². The molecule has 0 bridgehead atoms. The standard InChI is InChI=1S/C16H14FNO3/c1-10-16(20)18(9-11-2-4-12(17)5-3-11)14-8-13(19)6-7-15(14)21-10/h2-8,10,19H,9H2,1H3. The fourth-order valence-corrected chi connectivity index (χ4v) is 2.33. The molecule has 0 aliphatic carbocycles. The number of phenols is 1. The Morgan fingerprint density at radius 3 is 2.67 bits per heavy atom. The highest BCUT2D eigenvalue weighted by atomic mass is 19.1. The molecule has 1 atom stereocenters. The van der Waals surface area contributed by atoms with Crippen LogP contribution in [0.2, 0.25) is 0 Å². The lowest BCUT2D eigenvalue weighted by atomic mass is 10.1. The van der Waals surface area contributed by atoms with Crippen molar-refractivity contribution in [2.75, 3.05) is 4.90 Å². The highest BCUT2D eigenvalue weighted by molar-refractivity contribution is 5.99. The third-order valence-electron chi connectivity index (χ3n) is 3.40. The van der Waals surface area contributed by atoms with Crippen LogP contribution in [0.3, 0.4) is 0 Å². The average molecular weight is 287 g/mol. The molecule has 0 saturated heterocycles. The van der Waals surface area contributed by atoms with Crippen LogP contribution in [-0.2, 0) is 11.3 Å². The Morgan fingerprint density at radius 1 is 1.24 bits per heavy atom. The first-order valence-electron chi connectivity index (χ1n) is 6.60. The highest BCUT2D eigenvalue weighted by Gasteiger charge is 2.31. The smallest absolute Gasteiger partial charge is 0.268 e. The van der Waals surface area contributed by atoms with Crippen molar-refractivity contribution in [1.82, 2.24) is 0 Å². The normalized spacial score (nSPS) is 17.3. The highest BCUT2D eigenvalue weighted by Crippen LogP contribution is 2.37. The summed E-state index contributed by atoms with van der Waals surface area (Å²) in [6.45, 7) is 1.97. The zero-order valence-electron chi connectivity index (χ0n) is 11.4. The van der Waals surface area contributed by atoms with Gasteiger partial charge in [0, 0.05) is 6.07 Å². The van der Waals surface area contributed by atoms with E-state index in [1.807, 2.05) is 0 Å². The van der Waals surface area contributed by atoms with Crippen LogP contribution < -0.4 is 9.64 Å². The van der Waals surface area contributed by atoms with Crippen LogP contribution in [0.1, 0.15) is 12.5 Å². The van der Waals surface area contributed by atoms with Crippen molar-refractivity contribution in [3.8, 4) is 11.5 Å². The first-order valence-corrected chi connectivity index (χ1v) is 6.60. The van der Waals surface area contributed by atoms with Gasteiger partial charge in [-0.2, -0.15) is 0 Å². The molecule has 0 spiro atoms. The van der Waals surface area contributed by atoms with E-state index in [4.69, 9.17) is 4.74 Å². The van der Waals surface area contributed by atoms with E-state index in [0.717, 1.165) is 5.56 Å². The molecule has 4 nitrogen and oxygen atoms in total. The predicted octanol–water partition coefficient (Wildman–Crippen LogP) is 2.85. The maximum absolute atomic E-state index is 13.0. The Hall–Kier alpha value is -2.56. The van der Waals surface area contributed by atoms with E-state index in [9.17, 15) is 14.3 Å². The monoisotopic (exact) mass is 287 g/mol. The summed E-state index contributed by atoms with van der Waals surface area (Å²) in [5.41, 5.74) is 1.32. The molecule has 2 aromatic carbocycles. The van der Waals surface area contributed by atoms with Crippen LogP contribution >= 0.6 is 0 Å². The molecule has 0 fully saturated rings. The van der Waals surface area contributed by atoms with E-state index in [-0.39, 0.29) is 17.5 Å². The number of benzene rings is 2. The number of carbonyl (C=O) groups is 1. The molecule has 1 N–H and O–H groups in total. The summed E-state index contributed by atoms with van der Waals surface area (Å²) >= 11 is 0. The summed E-state index contributed by atoms with van der Waals surface area (Å²) in [6.07, 6.45) is -0.595. The Kier molecular flexibility index (Phi) is 3.25. The molecule has 0 radical (unpaired) electrons. The van der Waals surface area contributed by atoms with Gasteiger partial charge in [-0.05, 0) is 36.8 Å².